The molecule has 1 aliphatic heterocycles. The maximum atomic E-state index is 12.7. The fourth-order valence-electron chi connectivity index (χ4n) is 8.64. The zero-order chi connectivity index (χ0) is 35.7. The van der Waals surface area contributed by atoms with E-state index in [9.17, 15) is 5.11 Å². The maximum Gasteiger partial charge on any atom is 0.169 e. The van der Waals surface area contributed by atoms with Crippen molar-refractivity contribution < 1.29 is 5.11 Å². The van der Waals surface area contributed by atoms with E-state index in [1.165, 1.54) is 11.1 Å². The number of hydrogen-bond donors (Lipinski definition) is 1. The van der Waals surface area contributed by atoms with Gasteiger partial charge in [-0.1, -0.05) is 153 Å². The van der Waals surface area contributed by atoms with E-state index in [-0.39, 0.29) is 5.41 Å². The molecule has 1 unspecified atom stereocenters. The van der Waals surface area contributed by atoms with Crippen molar-refractivity contribution in [3.05, 3.63) is 192 Å². The highest BCUT2D eigenvalue weighted by Gasteiger charge is 2.40. The molecule has 53 heavy (non-hydrogen) atoms. The van der Waals surface area contributed by atoms with Gasteiger partial charge >= 0.3 is 0 Å². The van der Waals surface area contributed by atoms with Crippen LogP contribution >= 0.6 is 0 Å². The number of aliphatic hydroxyl groups is 1. The molecule has 10 rings (SSSR count). The lowest BCUT2D eigenvalue weighted by Gasteiger charge is -2.42. The molecule has 0 radical (unpaired) electrons. The number of nitrogens with zero attached hydrogens (tertiary/aromatic N) is 4. The fourth-order valence-corrected chi connectivity index (χ4v) is 8.64. The van der Waals surface area contributed by atoms with E-state index >= 15 is 0 Å². The predicted molar refractivity (Wildman–Crippen MR) is 214 cm³/mol. The predicted octanol–water partition coefficient (Wildman–Crippen LogP) is 11.4. The molecular formula is C48H36N4O. The normalized spacial score (nSPS) is 15.0. The van der Waals surface area contributed by atoms with Crippen molar-refractivity contribution >= 4 is 17.1 Å². The van der Waals surface area contributed by atoms with Crippen LogP contribution in [0, 0.1) is 0 Å². The molecule has 2 aliphatic rings. The average Bonchev–Trinajstić information content (AvgIpc) is 3.79. The molecule has 1 N–H and O–H groups in total. The molecule has 0 saturated carbocycles. The van der Waals surface area contributed by atoms with Crippen molar-refractivity contribution in [2.24, 2.45) is 0 Å². The Balaban J connectivity index is 1.15. The first-order chi connectivity index (χ1) is 26.0. The molecule has 0 spiro atoms. The van der Waals surface area contributed by atoms with Crippen molar-refractivity contribution in [1.82, 2.24) is 14.8 Å². The second kappa shape index (κ2) is 12.0. The van der Waals surface area contributed by atoms with Crippen LogP contribution in [0.4, 0.5) is 17.1 Å². The standard InChI is InChI=1S/C48H36N4O/c1-48(2)38-26-11-13-28-40(38)52(41-29-14-12-27-39(41)48)42-30-16-25-36-35-24-15-23-34(43(35)45(53)44(36)42)33-21-9-10-22-37(33)47-50-49-46(31-17-5-3-6-18-31)51(47)32-19-7-4-8-20-32/h3-30,45,53H,1-2H3. The first-order valence-electron chi connectivity index (χ1n) is 18.1. The summed E-state index contributed by atoms with van der Waals surface area (Å²) in [6, 6.07) is 58.9. The molecule has 8 aromatic rings. The van der Waals surface area contributed by atoms with E-state index in [1.807, 2.05) is 42.5 Å². The van der Waals surface area contributed by atoms with Gasteiger partial charge in [-0.05, 0) is 63.7 Å². The highest BCUT2D eigenvalue weighted by atomic mass is 16.3. The van der Waals surface area contributed by atoms with Crippen molar-refractivity contribution in [2.75, 3.05) is 4.90 Å². The number of para-hydroxylation sites is 3. The van der Waals surface area contributed by atoms with Gasteiger partial charge in [0, 0.05) is 33.4 Å². The van der Waals surface area contributed by atoms with Crippen LogP contribution in [0.5, 0.6) is 0 Å². The van der Waals surface area contributed by atoms with Gasteiger partial charge in [-0.25, -0.2) is 0 Å². The molecule has 0 bridgehead atoms. The maximum absolute atomic E-state index is 12.7. The molecule has 7 aromatic carbocycles. The van der Waals surface area contributed by atoms with Crippen molar-refractivity contribution in [1.29, 1.82) is 0 Å². The molecule has 254 valence electrons. The minimum absolute atomic E-state index is 0.180. The van der Waals surface area contributed by atoms with Crippen molar-refractivity contribution in [3.63, 3.8) is 0 Å². The average molecular weight is 685 g/mol. The summed E-state index contributed by atoms with van der Waals surface area (Å²) in [5, 5.41) is 22.3. The molecule has 1 aliphatic carbocycles. The summed E-state index contributed by atoms with van der Waals surface area (Å²) in [6.45, 7) is 4.60. The third-order valence-corrected chi connectivity index (χ3v) is 11.1. The lowest BCUT2D eigenvalue weighted by atomic mass is 9.73. The summed E-state index contributed by atoms with van der Waals surface area (Å²) in [6.07, 6.45) is -0.860. The summed E-state index contributed by atoms with van der Waals surface area (Å²) in [7, 11) is 0. The van der Waals surface area contributed by atoms with Crippen LogP contribution in [0.1, 0.15) is 42.2 Å². The third kappa shape index (κ3) is 4.67. The number of rotatable bonds is 5. The number of fused-ring (bicyclic) bond motifs is 5. The molecular weight excluding hydrogens is 649 g/mol. The van der Waals surface area contributed by atoms with E-state index in [4.69, 9.17) is 10.2 Å². The van der Waals surface area contributed by atoms with Crippen LogP contribution in [0.15, 0.2) is 170 Å². The molecule has 5 heteroatoms. The Morgan fingerprint density at radius 1 is 0.453 bits per heavy atom. The summed E-state index contributed by atoms with van der Waals surface area (Å²) in [5.41, 5.74) is 14.3. The van der Waals surface area contributed by atoms with E-state index in [0.29, 0.717) is 0 Å². The minimum atomic E-state index is -0.860. The first kappa shape index (κ1) is 31.2. The van der Waals surface area contributed by atoms with Gasteiger partial charge in [-0.2, -0.15) is 0 Å². The minimum Gasteiger partial charge on any atom is -0.384 e. The van der Waals surface area contributed by atoms with Gasteiger partial charge in [0.1, 0.15) is 6.10 Å². The van der Waals surface area contributed by atoms with Gasteiger partial charge in [0.05, 0.1) is 17.1 Å². The highest BCUT2D eigenvalue weighted by Crippen LogP contribution is 2.57. The van der Waals surface area contributed by atoms with Crippen LogP contribution in [-0.2, 0) is 5.41 Å². The summed E-state index contributed by atoms with van der Waals surface area (Å²) >= 11 is 0. The van der Waals surface area contributed by atoms with E-state index < -0.39 is 6.10 Å². The van der Waals surface area contributed by atoms with Gasteiger partial charge in [0.15, 0.2) is 11.6 Å². The molecule has 2 heterocycles. The monoisotopic (exact) mass is 684 g/mol. The Bertz CT molecular complexity index is 2630. The summed E-state index contributed by atoms with van der Waals surface area (Å²) in [4.78, 5) is 2.35. The van der Waals surface area contributed by atoms with Gasteiger partial charge in [-0.3, -0.25) is 4.57 Å². The van der Waals surface area contributed by atoms with Crippen LogP contribution in [0.3, 0.4) is 0 Å². The lowest BCUT2D eigenvalue weighted by molar-refractivity contribution is 0.226. The number of benzene rings is 7. The number of aliphatic hydroxyl groups excluding tert-OH is 1. The smallest absolute Gasteiger partial charge is 0.169 e. The lowest BCUT2D eigenvalue weighted by Crippen LogP contribution is -2.31. The third-order valence-electron chi connectivity index (χ3n) is 11.1. The number of anilines is 3. The van der Waals surface area contributed by atoms with E-state index in [0.717, 1.165) is 78.9 Å². The highest BCUT2D eigenvalue weighted by molar-refractivity contribution is 5.96. The van der Waals surface area contributed by atoms with E-state index in [1.54, 1.807) is 0 Å². The molecule has 0 amide bonds. The SMILES string of the molecule is CC1(C)c2ccccc2N(c2cccc3c2C(O)c2c(-c4ccccc4-c4nnc(-c5ccccc5)n4-c4ccccc4)cccc2-3)c2ccccc21. The Hall–Kier alpha value is -6.56. The summed E-state index contributed by atoms with van der Waals surface area (Å²) in [5.74, 6) is 1.50. The fraction of sp³-hybridized carbons (Fsp3) is 0.0833. The van der Waals surface area contributed by atoms with Crippen molar-refractivity contribution in [3.8, 4) is 50.7 Å². The van der Waals surface area contributed by atoms with Gasteiger partial charge in [-0.15, -0.1) is 10.2 Å². The summed E-state index contributed by atoms with van der Waals surface area (Å²) < 4.78 is 2.13. The Morgan fingerprint density at radius 3 is 1.60 bits per heavy atom. The van der Waals surface area contributed by atoms with Gasteiger partial charge < -0.3 is 10.0 Å². The Labute approximate surface area is 309 Å². The van der Waals surface area contributed by atoms with Crippen molar-refractivity contribution in [2.45, 2.75) is 25.4 Å². The number of hydrogen-bond acceptors (Lipinski definition) is 4. The molecule has 1 aromatic heterocycles. The zero-order valence-electron chi connectivity index (χ0n) is 29.5. The molecule has 1 atom stereocenters. The van der Waals surface area contributed by atoms with Gasteiger partial charge in [0.25, 0.3) is 0 Å². The quantitative estimate of drug-likeness (QED) is 0.196. The van der Waals surface area contributed by atoms with E-state index in [2.05, 4.69) is 151 Å². The topological polar surface area (TPSA) is 54.2 Å². The Kier molecular flexibility index (Phi) is 7.07. The van der Waals surface area contributed by atoms with Crippen LogP contribution in [0.25, 0.3) is 50.7 Å². The van der Waals surface area contributed by atoms with Crippen LogP contribution < -0.4 is 4.90 Å². The molecule has 0 saturated heterocycles. The first-order valence-corrected chi connectivity index (χ1v) is 18.1. The van der Waals surface area contributed by atoms with Crippen LogP contribution in [-0.4, -0.2) is 19.9 Å². The van der Waals surface area contributed by atoms with Crippen LogP contribution in [0.2, 0.25) is 0 Å². The largest absolute Gasteiger partial charge is 0.384 e. The number of aromatic nitrogens is 3. The molecule has 5 nitrogen and oxygen atoms in total. The second-order valence-electron chi connectivity index (χ2n) is 14.3. The second-order valence-corrected chi connectivity index (χ2v) is 14.3. The van der Waals surface area contributed by atoms with Gasteiger partial charge in [0.2, 0.25) is 0 Å². The zero-order valence-corrected chi connectivity index (χ0v) is 29.5. The molecule has 0 fully saturated rings. The Morgan fingerprint density at radius 2 is 0.925 bits per heavy atom.